The third kappa shape index (κ3) is 4.61. The molecule has 16 heavy (non-hydrogen) atoms. The average molecular weight is 227 g/mol. The van der Waals surface area contributed by atoms with Crippen LogP contribution in [-0.4, -0.2) is 48.9 Å². The van der Waals surface area contributed by atoms with E-state index in [9.17, 15) is 9.59 Å². The minimum absolute atomic E-state index is 0.000605. The minimum Gasteiger partial charge on any atom is -0.355 e. The van der Waals surface area contributed by atoms with Crippen LogP contribution in [0.25, 0.3) is 0 Å². The molecule has 0 aliphatic heterocycles. The van der Waals surface area contributed by atoms with Crippen LogP contribution in [0, 0.1) is 0 Å². The van der Waals surface area contributed by atoms with Crippen molar-refractivity contribution >= 4 is 11.8 Å². The van der Waals surface area contributed by atoms with Gasteiger partial charge in [-0.15, -0.1) is 0 Å². The van der Waals surface area contributed by atoms with Crippen molar-refractivity contribution in [1.29, 1.82) is 0 Å². The predicted octanol–water partition coefficient (Wildman–Crippen LogP) is -0.277. The second kappa shape index (κ2) is 6.48. The lowest BCUT2D eigenvalue weighted by molar-refractivity contribution is -0.135. The number of hydrogen-bond donors (Lipinski definition) is 2. The number of likely N-dealkylation sites (N-methyl/N-ethyl adjacent to an activating group) is 2. The Balaban J connectivity index is 2.26. The molecule has 0 aromatic heterocycles. The van der Waals surface area contributed by atoms with E-state index in [1.165, 1.54) is 0 Å². The molecule has 0 unspecified atom stereocenters. The van der Waals surface area contributed by atoms with Crippen LogP contribution in [-0.2, 0) is 9.59 Å². The van der Waals surface area contributed by atoms with E-state index in [0.29, 0.717) is 25.7 Å². The fourth-order valence-corrected chi connectivity index (χ4v) is 1.43. The second-order valence-electron chi connectivity index (χ2n) is 4.02. The van der Waals surface area contributed by atoms with Gasteiger partial charge in [0, 0.05) is 19.1 Å². The maximum atomic E-state index is 11.7. The summed E-state index contributed by atoms with van der Waals surface area (Å²) in [5.41, 5.74) is 0. The SMILES string of the molecule is CCNC(=O)CN(CC)C(=O)CNC1CC1. The van der Waals surface area contributed by atoms with Gasteiger partial charge in [0.05, 0.1) is 13.1 Å². The highest BCUT2D eigenvalue weighted by Gasteiger charge is 2.23. The zero-order valence-electron chi connectivity index (χ0n) is 10.1. The van der Waals surface area contributed by atoms with Crippen molar-refractivity contribution in [2.24, 2.45) is 0 Å². The summed E-state index contributed by atoms with van der Waals surface area (Å²) in [6.07, 6.45) is 2.32. The Bertz CT molecular complexity index is 252. The zero-order chi connectivity index (χ0) is 12.0. The molecule has 1 saturated carbocycles. The maximum absolute atomic E-state index is 11.7. The highest BCUT2D eigenvalue weighted by atomic mass is 16.2. The zero-order valence-corrected chi connectivity index (χ0v) is 10.1. The standard InChI is InChI=1S/C11H21N3O2/c1-3-12-10(15)8-14(4-2)11(16)7-13-9-5-6-9/h9,13H,3-8H2,1-2H3,(H,12,15). The van der Waals surface area contributed by atoms with Crippen molar-refractivity contribution in [2.75, 3.05) is 26.2 Å². The summed E-state index contributed by atoms with van der Waals surface area (Å²) >= 11 is 0. The van der Waals surface area contributed by atoms with Crippen molar-refractivity contribution in [3.05, 3.63) is 0 Å². The van der Waals surface area contributed by atoms with Gasteiger partial charge in [0.2, 0.25) is 11.8 Å². The van der Waals surface area contributed by atoms with Gasteiger partial charge in [-0.25, -0.2) is 0 Å². The van der Waals surface area contributed by atoms with Gasteiger partial charge in [0.25, 0.3) is 0 Å². The fourth-order valence-electron chi connectivity index (χ4n) is 1.43. The number of hydrogen-bond acceptors (Lipinski definition) is 3. The van der Waals surface area contributed by atoms with Crippen molar-refractivity contribution in [3.63, 3.8) is 0 Å². The molecule has 1 aliphatic rings. The average Bonchev–Trinajstić information content (AvgIpc) is 3.06. The molecule has 0 aromatic rings. The van der Waals surface area contributed by atoms with E-state index in [2.05, 4.69) is 10.6 Å². The molecular weight excluding hydrogens is 206 g/mol. The molecule has 5 nitrogen and oxygen atoms in total. The van der Waals surface area contributed by atoms with Crippen LogP contribution in [0.3, 0.4) is 0 Å². The second-order valence-corrected chi connectivity index (χ2v) is 4.02. The summed E-state index contributed by atoms with van der Waals surface area (Å²) in [7, 11) is 0. The fraction of sp³-hybridized carbons (Fsp3) is 0.818. The quantitative estimate of drug-likeness (QED) is 0.629. The summed E-state index contributed by atoms with van der Waals surface area (Å²) < 4.78 is 0. The molecule has 2 N–H and O–H groups in total. The molecule has 0 atom stereocenters. The highest BCUT2D eigenvalue weighted by Crippen LogP contribution is 2.18. The van der Waals surface area contributed by atoms with Gasteiger partial charge in [0.15, 0.2) is 0 Å². The summed E-state index contributed by atoms with van der Waals surface area (Å²) in [6, 6.07) is 0.520. The Morgan fingerprint density at radius 1 is 1.31 bits per heavy atom. The molecule has 0 aromatic carbocycles. The van der Waals surface area contributed by atoms with Crippen molar-refractivity contribution in [3.8, 4) is 0 Å². The van der Waals surface area contributed by atoms with E-state index < -0.39 is 0 Å². The van der Waals surface area contributed by atoms with Gasteiger partial charge in [-0.05, 0) is 26.7 Å². The number of nitrogens with zero attached hydrogens (tertiary/aromatic N) is 1. The third-order valence-corrected chi connectivity index (χ3v) is 2.56. The van der Waals surface area contributed by atoms with Crippen LogP contribution in [0.5, 0.6) is 0 Å². The first-order valence-electron chi connectivity index (χ1n) is 5.95. The van der Waals surface area contributed by atoms with Crippen LogP contribution in [0.15, 0.2) is 0 Å². The monoisotopic (exact) mass is 227 g/mol. The normalized spacial score (nSPS) is 14.6. The van der Waals surface area contributed by atoms with Crippen molar-refractivity contribution in [1.82, 2.24) is 15.5 Å². The van der Waals surface area contributed by atoms with E-state index in [1.54, 1.807) is 4.90 Å². The Kier molecular flexibility index (Phi) is 5.25. The third-order valence-electron chi connectivity index (χ3n) is 2.56. The smallest absolute Gasteiger partial charge is 0.239 e. The van der Waals surface area contributed by atoms with E-state index >= 15 is 0 Å². The van der Waals surface area contributed by atoms with E-state index in [0.717, 1.165) is 12.8 Å². The molecule has 0 saturated heterocycles. The van der Waals surface area contributed by atoms with Crippen LogP contribution < -0.4 is 10.6 Å². The first-order valence-corrected chi connectivity index (χ1v) is 5.95. The van der Waals surface area contributed by atoms with Gasteiger partial charge >= 0.3 is 0 Å². The topological polar surface area (TPSA) is 61.4 Å². The maximum Gasteiger partial charge on any atom is 0.239 e. The molecule has 0 radical (unpaired) electrons. The van der Waals surface area contributed by atoms with Crippen molar-refractivity contribution < 1.29 is 9.59 Å². The van der Waals surface area contributed by atoms with Crippen LogP contribution in [0.4, 0.5) is 0 Å². The summed E-state index contributed by atoms with van der Waals surface area (Å²) in [5, 5.41) is 5.84. The Morgan fingerprint density at radius 3 is 2.50 bits per heavy atom. The largest absolute Gasteiger partial charge is 0.355 e. The molecule has 0 spiro atoms. The van der Waals surface area contributed by atoms with E-state index in [-0.39, 0.29) is 18.4 Å². The van der Waals surface area contributed by atoms with E-state index in [4.69, 9.17) is 0 Å². The molecular formula is C11H21N3O2. The lowest BCUT2D eigenvalue weighted by Gasteiger charge is -2.20. The van der Waals surface area contributed by atoms with Gasteiger partial charge in [-0.1, -0.05) is 0 Å². The van der Waals surface area contributed by atoms with Crippen LogP contribution in [0.1, 0.15) is 26.7 Å². The molecule has 0 bridgehead atoms. The first-order chi connectivity index (χ1) is 7.67. The molecule has 1 fully saturated rings. The van der Waals surface area contributed by atoms with Gasteiger partial charge in [-0.2, -0.15) is 0 Å². The molecule has 1 aliphatic carbocycles. The number of rotatable bonds is 7. The molecule has 92 valence electrons. The van der Waals surface area contributed by atoms with Crippen LogP contribution >= 0.6 is 0 Å². The minimum atomic E-state index is -0.0934. The van der Waals surface area contributed by atoms with E-state index in [1.807, 2.05) is 13.8 Å². The van der Waals surface area contributed by atoms with Gasteiger partial charge < -0.3 is 15.5 Å². The Labute approximate surface area is 96.6 Å². The number of carbonyl (C=O) groups is 2. The van der Waals surface area contributed by atoms with Gasteiger partial charge in [-0.3, -0.25) is 9.59 Å². The molecule has 1 rings (SSSR count). The number of carbonyl (C=O) groups excluding carboxylic acids is 2. The lowest BCUT2D eigenvalue weighted by atomic mass is 10.4. The molecule has 2 amide bonds. The lowest BCUT2D eigenvalue weighted by Crippen LogP contribution is -2.44. The summed E-state index contributed by atoms with van der Waals surface area (Å²) in [4.78, 5) is 24.6. The van der Waals surface area contributed by atoms with Gasteiger partial charge in [0.1, 0.15) is 0 Å². The van der Waals surface area contributed by atoms with Crippen LogP contribution in [0.2, 0.25) is 0 Å². The Morgan fingerprint density at radius 2 is 2.00 bits per heavy atom. The summed E-state index contributed by atoms with van der Waals surface area (Å²) in [5.74, 6) is -0.0928. The highest BCUT2D eigenvalue weighted by molar-refractivity contribution is 5.85. The van der Waals surface area contributed by atoms with Crippen molar-refractivity contribution in [2.45, 2.75) is 32.7 Å². The predicted molar refractivity (Wildman–Crippen MR) is 62.0 cm³/mol. The number of amides is 2. The Hall–Kier alpha value is -1.10. The molecule has 5 heteroatoms. The first kappa shape index (κ1) is 13.0. The number of nitrogens with one attached hydrogen (secondary N) is 2. The summed E-state index contributed by atoms with van der Waals surface area (Å²) in [6.45, 7) is 5.43. The molecule has 0 heterocycles.